The summed E-state index contributed by atoms with van der Waals surface area (Å²) >= 11 is 24.1. The highest BCUT2D eigenvalue weighted by Crippen LogP contribution is 2.40. The Morgan fingerprint density at radius 3 is 2.35 bits per heavy atom. The molecule has 0 aliphatic rings. The highest BCUT2D eigenvalue weighted by atomic mass is 35.5. The van der Waals surface area contributed by atoms with E-state index in [1.165, 1.54) is 12.4 Å². The molecule has 7 heteroatoms. The standard InChI is InChI=1S/C13H7Cl4NO2/c14-9-2-1-6(12(16)13(9)17)8-4-18-5-10(15)7(8)3-11(19)20/h1-2,4-5H,3H2,(H,19,20). The number of carboxylic acid groups (broad SMARTS) is 1. The summed E-state index contributed by atoms with van der Waals surface area (Å²) in [5, 5.41) is 9.98. The Morgan fingerprint density at radius 2 is 1.70 bits per heavy atom. The van der Waals surface area contributed by atoms with E-state index in [1.54, 1.807) is 12.1 Å². The number of pyridine rings is 1. The van der Waals surface area contributed by atoms with Gasteiger partial charge in [0.15, 0.2) is 0 Å². The molecule has 20 heavy (non-hydrogen) atoms. The summed E-state index contributed by atoms with van der Waals surface area (Å²) < 4.78 is 0. The van der Waals surface area contributed by atoms with Gasteiger partial charge in [0, 0.05) is 23.5 Å². The minimum atomic E-state index is -1.00. The number of halogens is 4. The molecule has 1 aromatic heterocycles. The lowest BCUT2D eigenvalue weighted by Crippen LogP contribution is -2.03. The van der Waals surface area contributed by atoms with Crippen LogP contribution in [0.5, 0.6) is 0 Å². The Balaban J connectivity index is 2.67. The maximum atomic E-state index is 11.0. The first kappa shape index (κ1) is 15.4. The highest BCUT2D eigenvalue weighted by molar-refractivity contribution is 6.49. The lowest BCUT2D eigenvalue weighted by molar-refractivity contribution is -0.136. The molecule has 1 heterocycles. The lowest BCUT2D eigenvalue weighted by Gasteiger charge is -2.12. The maximum Gasteiger partial charge on any atom is 0.307 e. The second kappa shape index (κ2) is 6.19. The van der Waals surface area contributed by atoms with E-state index in [-0.39, 0.29) is 21.5 Å². The molecule has 0 aliphatic heterocycles. The van der Waals surface area contributed by atoms with Gasteiger partial charge in [0.2, 0.25) is 0 Å². The van der Waals surface area contributed by atoms with Crippen molar-refractivity contribution in [2.24, 2.45) is 0 Å². The van der Waals surface area contributed by atoms with Gasteiger partial charge < -0.3 is 5.11 Å². The molecule has 0 spiro atoms. The normalized spacial score (nSPS) is 10.6. The summed E-state index contributed by atoms with van der Waals surface area (Å²) in [4.78, 5) is 14.9. The van der Waals surface area contributed by atoms with Crippen molar-refractivity contribution >= 4 is 52.4 Å². The molecule has 0 fully saturated rings. The van der Waals surface area contributed by atoms with Crippen LogP contribution in [0, 0.1) is 0 Å². The average Bonchev–Trinajstić information content (AvgIpc) is 2.39. The molecule has 0 saturated heterocycles. The third-order valence-corrected chi connectivity index (χ3v) is 4.28. The van der Waals surface area contributed by atoms with Gasteiger partial charge in [0.05, 0.1) is 26.5 Å². The van der Waals surface area contributed by atoms with Gasteiger partial charge in [-0.1, -0.05) is 52.5 Å². The molecule has 0 atom stereocenters. The number of aliphatic carboxylic acids is 1. The van der Waals surface area contributed by atoms with Crippen LogP contribution in [0.3, 0.4) is 0 Å². The number of carbonyl (C=O) groups is 1. The van der Waals surface area contributed by atoms with Gasteiger partial charge in [-0.2, -0.15) is 0 Å². The Hall–Kier alpha value is -1.000. The van der Waals surface area contributed by atoms with E-state index in [1.807, 2.05) is 0 Å². The molecule has 0 bridgehead atoms. The van der Waals surface area contributed by atoms with Gasteiger partial charge in [-0.15, -0.1) is 0 Å². The fourth-order valence-corrected chi connectivity index (χ4v) is 2.62. The van der Waals surface area contributed by atoms with E-state index >= 15 is 0 Å². The zero-order valence-corrected chi connectivity index (χ0v) is 12.9. The summed E-state index contributed by atoms with van der Waals surface area (Å²) in [6, 6.07) is 3.23. The van der Waals surface area contributed by atoms with Crippen molar-refractivity contribution in [1.29, 1.82) is 0 Å². The van der Waals surface area contributed by atoms with E-state index < -0.39 is 5.97 Å². The fraction of sp³-hybridized carbons (Fsp3) is 0.0769. The van der Waals surface area contributed by atoms with Crippen molar-refractivity contribution in [3.8, 4) is 11.1 Å². The van der Waals surface area contributed by atoms with Gasteiger partial charge in [0.1, 0.15) is 0 Å². The molecule has 1 N–H and O–H groups in total. The second-order valence-electron chi connectivity index (χ2n) is 3.94. The smallest absolute Gasteiger partial charge is 0.307 e. The van der Waals surface area contributed by atoms with Crippen LogP contribution < -0.4 is 0 Å². The van der Waals surface area contributed by atoms with Crippen LogP contribution in [0.1, 0.15) is 5.56 Å². The van der Waals surface area contributed by atoms with Crippen LogP contribution in [0.2, 0.25) is 20.1 Å². The van der Waals surface area contributed by atoms with Crippen molar-refractivity contribution in [3.05, 3.63) is 50.2 Å². The largest absolute Gasteiger partial charge is 0.481 e. The quantitative estimate of drug-likeness (QED) is 0.793. The van der Waals surface area contributed by atoms with Crippen molar-refractivity contribution in [3.63, 3.8) is 0 Å². The maximum absolute atomic E-state index is 11.0. The topological polar surface area (TPSA) is 50.2 Å². The van der Waals surface area contributed by atoms with Crippen molar-refractivity contribution < 1.29 is 9.90 Å². The van der Waals surface area contributed by atoms with Crippen LogP contribution >= 0.6 is 46.4 Å². The lowest BCUT2D eigenvalue weighted by atomic mass is 10.00. The van der Waals surface area contributed by atoms with Gasteiger partial charge >= 0.3 is 5.97 Å². The first-order chi connectivity index (χ1) is 9.41. The van der Waals surface area contributed by atoms with Crippen LogP contribution in [0.15, 0.2) is 24.5 Å². The number of carboxylic acids is 1. The Kier molecular flexibility index (Phi) is 4.76. The van der Waals surface area contributed by atoms with Crippen LogP contribution in [0.4, 0.5) is 0 Å². The number of benzene rings is 1. The van der Waals surface area contributed by atoms with E-state index in [0.29, 0.717) is 21.7 Å². The molecule has 0 aliphatic carbocycles. The molecule has 1 aromatic carbocycles. The summed E-state index contributed by atoms with van der Waals surface area (Å²) in [6.45, 7) is 0. The number of hydrogen-bond acceptors (Lipinski definition) is 2. The molecular formula is C13H7Cl4NO2. The van der Waals surface area contributed by atoms with E-state index in [4.69, 9.17) is 51.5 Å². The zero-order chi connectivity index (χ0) is 14.9. The third-order valence-electron chi connectivity index (χ3n) is 2.66. The fourth-order valence-electron chi connectivity index (χ4n) is 1.76. The molecule has 3 nitrogen and oxygen atoms in total. The molecule has 2 rings (SSSR count). The number of nitrogens with zero attached hydrogens (tertiary/aromatic N) is 1. The minimum Gasteiger partial charge on any atom is -0.481 e. The minimum absolute atomic E-state index is 0.201. The van der Waals surface area contributed by atoms with Gasteiger partial charge in [-0.3, -0.25) is 9.78 Å². The molecule has 0 radical (unpaired) electrons. The molecule has 2 aromatic rings. The Labute approximate surface area is 135 Å². The van der Waals surface area contributed by atoms with Gasteiger partial charge in [0.25, 0.3) is 0 Å². The zero-order valence-electron chi connectivity index (χ0n) is 9.83. The first-order valence-electron chi connectivity index (χ1n) is 5.40. The molecular weight excluding hydrogens is 344 g/mol. The van der Waals surface area contributed by atoms with E-state index in [0.717, 1.165) is 0 Å². The number of aromatic nitrogens is 1. The van der Waals surface area contributed by atoms with Crippen LogP contribution in [0.25, 0.3) is 11.1 Å². The van der Waals surface area contributed by atoms with Crippen molar-refractivity contribution in [2.45, 2.75) is 6.42 Å². The summed E-state index contributed by atoms with van der Waals surface area (Å²) in [7, 11) is 0. The molecule has 104 valence electrons. The summed E-state index contributed by atoms with van der Waals surface area (Å²) in [6.07, 6.45) is 2.64. The number of rotatable bonds is 3. The predicted molar refractivity (Wildman–Crippen MR) is 81.1 cm³/mol. The van der Waals surface area contributed by atoms with Crippen molar-refractivity contribution in [1.82, 2.24) is 4.98 Å². The monoisotopic (exact) mass is 349 g/mol. The number of hydrogen-bond donors (Lipinski definition) is 1. The Bertz CT molecular complexity index is 688. The average molecular weight is 351 g/mol. The van der Waals surface area contributed by atoms with Crippen LogP contribution in [-0.2, 0) is 11.2 Å². The third kappa shape index (κ3) is 3.01. The SMILES string of the molecule is O=C(O)Cc1c(Cl)cncc1-c1ccc(Cl)c(Cl)c1Cl. The molecule has 0 saturated carbocycles. The first-order valence-corrected chi connectivity index (χ1v) is 6.91. The summed E-state index contributed by atoms with van der Waals surface area (Å²) in [5.74, 6) is -1.00. The summed E-state index contributed by atoms with van der Waals surface area (Å²) in [5.41, 5.74) is 1.48. The second-order valence-corrected chi connectivity index (χ2v) is 5.51. The Morgan fingerprint density at radius 1 is 1.00 bits per heavy atom. The van der Waals surface area contributed by atoms with E-state index in [9.17, 15) is 4.79 Å². The molecule has 0 unspecified atom stereocenters. The highest BCUT2D eigenvalue weighted by Gasteiger charge is 2.17. The van der Waals surface area contributed by atoms with Crippen molar-refractivity contribution in [2.75, 3.05) is 0 Å². The van der Waals surface area contributed by atoms with Crippen LogP contribution in [-0.4, -0.2) is 16.1 Å². The van der Waals surface area contributed by atoms with Gasteiger partial charge in [-0.25, -0.2) is 0 Å². The molecule has 0 amide bonds. The predicted octanol–water partition coefficient (Wildman–Crippen LogP) is 4.99. The van der Waals surface area contributed by atoms with E-state index in [2.05, 4.69) is 4.98 Å². The van der Waals surface area contributed by atoms with Gasteiger partial charge in [-0.05, 0) is 11.6 Å².